The average Bonchev–Trinajstić information content (AvgIpc) is 1.36. The predicted octanol–water partition coefficient (Wildman–Crippen LogP) is 0.539. The van der Waals surface area contributed by atoms with E-state index in [9.17, 15) is 13.2 Å². The molecule has 0 saturated heterocycles. The lowest BCUT2D eigenvalue weighted by Gasteiger charge is -1.92. The number of aliphatic hydroxyl groups is 1. The number of rotatable bonds is 1. The van der Waals surface area contributed by atoms with Crippen molar-refractivity contribution in [3.63, 3.8) is 0 Å². The number of hydrogen-bond donors (Lipinski definition) is 1. The van der Waals surface area contributed by atoms with Crippen LogP contribution >= 0.6 is 0 Å². The Kier molecular flexibility index (Phi) is 1.94. The molecule has 0 radical (unpaired) electrons. The van der Waals surface area contributed by atoms with E-state index in [0.29, 0.717) is 0 Å². The Labute approximate surface area is 32.4 Å². The SMILES string of the molecule is OC(F)C(F)F. The van der Waals surface area contributed by atoms with Gasteiger partial charge in [-0.15, -0.1) is 0 Å². The van der Waals surface area contributed by atoms with Gasteiger partial charge in [0.2, 0.25) is 0 Å². The molecule has 0 heterocycles. The van der Waals surface area contributed by atoms with E-state index in [-0.39, 0.29) is 0 Å². The molecule has 38 valence electrons. The fraction of sp³-hybridized carbons (Fsp3) is 1.00. The van der Waals surface area contributed by atoms with Crippen molar-refractivity contribution in [2.45, 2.75) is 12.8 Å². The third-order valence-corrected chi connectivity index (χ3v) is 0.208. The van der Waals surface area contributed by atoms with E-state index >= 15 is 0 Å². The zero-order valence-corrected chi connectivity index (χ0v) is 2.74. The number of hydrogen-bond acceptors (Lipinski definition) is 1. The molecular formula is C2H3F3O. The van der Waals surface area contributed by atoms with E-state index in [1.54, 1.807) is 0 Å². The van der Waals surface area contributed by atoms with Crippen molar-refractivity contribution >= 4 is 0 Å². The van der Waals surface area contributed by atoms with Gasteiger partial charge in [-0.05, 0) is 0 Å². The maximum atomic E-state index is 10.6. The Morgan fingerprint density at radius 1 is 1.17 bits per heavy atom. The highest BCUT2D eigenvalue weighted by molar-refractivity contribution is 4.34. The van der Waals surface area contributed by atoms with Gasteiger partial charge < -0.3 is 5.11 Å². The van der Waals surface area contributed by atoms with Gasteiger partial charge in [0.1, 0.15) is 0 Å². The molecule has 1 unspecified atom stereocenters. The number of aliphatic hydroxyl groups excluding tert-OH is 1. The molecule has 1 nitrogen and oxygen atoms in total. The van der Waals surface area contributed by atoms with Crippen LogP contribution in [0, 0.1) is 0 Å². The van der Waals surface area contributed by atoms with Crippen LogP contribution in [0.1, 0.15) is 0 Å². The van der Waals surface area contributed by atoms with Gasteiger partial charge in [0, 0.05) is 0 Å². The van der Waals surface area contributed by atoms with Crippen molar-refractivity contribution < 1.29 is 18.3 Å². The van der Waals surface area contributed by atoms with Gasteiger partial charge in [-0.3, -0.25) is 0 Å². The molecule has 6 heavy (non-hydrogen) atoms. The van der Waals surface area contributed by atoms with Gasteiger partial charge in [-0.2, -0.15) is 0 Å². The molecule has 0 rings (SSSR count). The monoisotopic (exact) mass is 100 g/mol. The molecule has 1 N–H and O–H groups in total. The second-order valence-corrected chi connectivity index (χ2v) is 0.707. The first-order valence-electron chi connectivity index (χ1n) is 1.25. The molecule has 0 fully saturated rings. The van der Waals surface area contributed by atoms with Crippen molar-refractivity contribution in [2.75, 3.05) is 0 Å². The molecule has 0 aliphatic carbocycles. The Morgan fingerprint density at radius 2 is 1.33 bits per heavy atom. The minimum absolute atomic E-state index is 2.98. The molecule has 0 amide bonds. The summed E-state index contributed by atoms with van der Waals surface area (Å²) in [6.07, 6.45) is -6.24. The highest BCUT2D eigenvalue weighted by Gasteiger charge is 2.12. The summed E-state index contributed by atoms with van der Waals surface area (Å²) in [5.41, 5.74) is 0. The molecule has 0 bridgehead atoms. The molecule has 1 atom stereocenters. The minimum atomic E-state index is -3.26. The van der Waals surface area contributed by atoms with Crippen molar-refractivity contribution in [2.24, 2.45) is 0 Å². The van der Waals surface area contributed by atoms with E-state index < -0.39 is 12.8 Å². The zero-order valence-electron chi connectivity index (χ0n) is 2.74. The van der Waals surface area contributed by atoms with Crippen molar-refractivity contribution in [3.8, 4) is 0 Å². The van der Waals surface area contributed by atoms with Crippen LogP contribution in [-0.4, -0.2) is 17.9 Å². The molecule has 0 aliphatic rings. The Morgan fingerprint density at radius 3 is 1.33 bits per heavy atom. The second kappa shape index (κ2) is 2.02. The summed E-state index contributed by atoms with van der Waals surface area (Å²) >= 11 is 0. The van der Waals surface area contributed by atoms with Gasteiger partial charge >= 0.3 is 0 Å². The molecule has 0 spiro atoms. The largest absolute Gasteiger partial charge is 0.360 e. The van der Waals surface area contributed by atoms with Crippen molar-refractivity contribution in [3.05, 3.63) is 0 Å². The second-order valence-electron chi connectivity index (χ2n) is 0.707. The summed E-state index contributed by atoms with van der Waals surface area (Å²) in [6.45, 7) is 0. The lowest BCUT2D eigenvalue weighted by molar-refractivity contribution is -0.0843. The minimum Gasteiger partial charge on any atom is -0.360 e. The van der Waals surface area contributed by atoms with Crippen LogP contribution < -0.4 is 0 Å². The fourth-order valence-electron chi connectivity index (χ4n) is 0. The van der Waals surface area contributed by atoms with Crippen LogP contribution in [0.5, 0.6) is 0 Å². The topological polar surface area (TPSA) is 20.2 Å². The Balaban J connectivity index is 2.99. The summed E-state index contributed by atoms with van der Waals surface area (Å²) in [7, 11) is 0. The molecule has 0 aromatic heterocycles. The Bertz CT molecular complexity index is 29.8. The first-order valence-corrected chi connectivity index (χ1v) is 1.25. The predicted molar refractivity (Wildman–Crippen MR) is 13.1 cm³/mol. The Hall–Kier alpha value is -0.250. The van der Waals surface area contributed by atoms with Crippen LogP contribution in [0.15, 0.2) is 0 Å². The highest BCUT2D eigenvalue weighted by atomic mass is 19.3. The quantitative estimate of drug-likeness (QED) is 0.509. The van der Waals surface area contributed by atoms with Gasteiger partial charge in [-0.1, -0.05) is 0 Å². The van der Waals surface area contributed by atoms with E-state index in [0.717, 1.165) is 0 Å². The van der Waals surface area contributed by atoms with E-state index in [4.69, 9.17) is 5.11 Å². The first-order chi connectivity index (χ1) is 2.64. The van der Waals surface area contributed by atoms with Crippen LogP contribution in [0.25, 0.3) is 0 Å². The number of alkyl halides is 3. The standard InChI is InChI=1S/C2H3F3O/c3-1(4)2(5)6/h1-2,6H. The first kappa shape index (κ1) is 5.75. The summed E-state index contributed by atoms with van der Waals surface area (Å²) in [5, 5.41) is 7.21. The number of halogens is 3. The summed E-state index contributed by atoms with van der Waals surface area (Å²) in [5.74, 6) is 0. The average molecular weight is 100 g/mol. The van der Waals surface area contributed by atoms with Crippen LogP contribution in [-0.2, 0) is 0 Å². The third kappa shape index (κ3) is 2.02. The summed E-state index contributed by atoms with van der Waals surface area (Å²) in [6, 6.07) is 0. The highest BCUT2D eigenvalue weighted by Crippen LogP contribution is 1.98. The van der Waals surface area contributed by atoms with Crippen molar-refractivity contribution in [1.29, 1.82) is 0 Å². The lowest BCUT2D eigenvalue weighted by atomic mass is 10.7. The molecule has 0 aliphatic heterocycles. The lowest BCUT2D eigenvalue weighted by Crippen LogP contribution is -2.08. The molecule has 4 heteroatoms. The van der Waals surface area contributed by atoms with Crippen molar-refractivity contribution in [1.82, 2.24) is 0 Å². The molecule has 0 saturated carbocycles. The van der Waals surface area contributed by atoms with Crippen LogP contribution in [0.2, 0.25) is 0 Å². The summed E-state index contributed by atoms with van der Waals surface area (Å²) < 4.78 is 31.7. The smallest absolute Gasteiger partial charge is 0.293 e. The molecular weight excluding hydrogens is 97.0 g/mol. The van der Waals surface area contributed by atoms with Crippen LogP contribution in [0.3, 0.4) is 0 Å². The van der Waals surface area contributed by atoms with Gasteiger partial charge in [0.15, 0.2) is 0 Å². The molecule has 0 aromatic carbocycles. The van der Waals surface area contributed by atoms with E-state index in [1.807, 2.05) is 0 Å². The fourth-order valence-corrected chi connectivity index (χ4v) is 0. The molecule has 0 aromatic rings. The van der Waals surface area contributed by atoms with Crippen LogP contribution in [0.4, 0.5) is 13.2 Å². The maximum Gasteiger partial charge on any atom is 0.293 e. The van der Waals surface area contributed by atoms with E-state index in [1.165, 1.54) is 0 Å². The summed E-state index contributed by atoms with van der Waals surface area (Å²) in [4.78, 5) is 0. The normalized spacial score (nSPS) is 15.5. The third-order valence-electron chi connectivity index (χ3n) is 0.208. The van der Waals surface area contributed by atoms with E-state index in [2.05, 4.69) is 0 Å². The van der Waals surface area contributed by atoms with Gasteiger partial charge in [0.25, 0.3) is 12.8 Å². The zero-order chi connectivity index (χ0) is 5.15. The maximum absolute atomic E-state index is 10.6. The van der Waals surface area contributed by atoms with Gasteiger partial charge in [0.05, 0.1) is 0 Å². The van der Waals surface area contributed by atoms with Gasteiger partial charge in [-0.25, -0.2) is 13.2 Å².